The van der Waals surface area contributed by atoms with E-state index in [1.54, 1.807) is 0 Å². The molecule has 2 aromatic rings. The van der Waals surface area contributed by atoms with Gasteiger partial charge in [0.2, 0.25) is 0 Å². The predicted octanol–water partition coefficient (Wildman–Crippen LogP) is 3.02. The van der Waals surface area contributed by atoms with Gasteiger partial charge in [-0.15, -0.1) is 0 Å². The van der Waals surface area contributed by atoms with Crippen molar-refractivity contribution in [1.82, 2.24) is 9.97 Å². The zero-order valence-electron chi connectivity index (χ0n) is 14.0. The number of H-pyrrole nitrogens is 1. The molecule has 1 aliphatic rings. The fraction of sp³-hybridized carbons (Fsp3) is 0.444. The number of imidazole rings is 1. The van der Waals surface area contributed by atoms with Gasteiger partial charge < -0.3 is 21.4 Å². The van der Waals surface area contributed by atoms with E-state index in [1.807, 2.05) is 19.2 Å². The minimum Gasteiger partial charge on any atom is -0.388 e. The molecular weight excluding hydrogens is 300 g/mol. The normalized spacial score (nSPS) is 17.6. The Morgan fingerprint density at radius 3 is 3.00 bits per heavy atom. The summed E-state index contributed by atoms with van der Waals surface area (Å²) in [7, 11) is 1.90. The Morgan fingerprint density at radius 2 is 2.25 bits per heavy atom. The first-order chi connectivity index (χ1) is 11.8. The number of rotatable bonds is 2. The van der Waals surface area contributed by atoms with Gasteiger partial charge in [0.05, 0.1) is 0 Å². The minimum absolute atomic E-state index is 0.179. The molecule has 6 heteroatoms. The molecule has 0 amide bonds. The fourth-order valence-corrected chi connectivity index (χ4v) is 3.20. The van der Waals surface area contributed by atoms with Crippen LogP contribution in [0.15, 0.2) is 18.2 Å². The summed E-state index contributed by atoms with van der Waals surface area (Å²) in [4.78, 5) is 7.94. The first kappa shape index (κ1) is 16.3. The third-order valence-corrected chi connectivity index (χ3v) is 4.61. The lowest BCUT2D eigenvalue weighted by molar-refractivity contribution is 0.550. The lowest BCUT2D eigenvalue weighted by Gasteiger charge is -2.15. The largest absolute Gasteiger partial charge is 0.388 e. The van der Waals surface area contributed by atoms with Crippen LogP contribution in [0.4, 0.5) is 11.4 Å². The average Bonchev–Trinajstić information content (AvgIpc) is 3.04. The third kappa shape index (κ3) is 3.22. The zero-order valence-corrected chi connectivity index (χ0v) is 14.0. The van der Waals surface area contributed by atoms with Crippen LogP contribution in [0.1, 0.15) is 43.1 Å². The van der Waals surface area contributed by atoms with Gasteiger partial charge in [0, 0.05) is 43.0 Å². The molecule has 0 fully saturated rings. The van der Waals surface area contributed by atoms with Crippen LogP contribution in [0.3, 0.4) is 0 Å². The number of benzene rings is 1. The van der Waals surface area contributed by atoms with Crippen LogP contribution in [0.5, 0.6) is 0 Å². The van der Waals surface area contributed by atoms with E-state index < -0.39 is 0 Å². The molecule has 1 aromatic carbocycles. The number of fused-ring (bicyclic) bond motifs is 4. The van der Waals surface area contributed by atoms with Gasteiger partial charge in [-0.25, -0.2) is 4.98 Å². The Kier molecular flexibility index (Phi) is 5.02. The second-order valence-corrected chi connectivity index (χ2v) is 6.18. The Hall–Kier alpha value is -2.52. The van der Waals surface area contributed by atoms with Gasteiger partial charge in [-0.05, 0) is 31.0 Å². The third-order valence-electron chi connectivity index (χ3n) is 4.61. The van der Waals surface area contributed by atoms with E-state index in [1.165, 1.54) is 0 Å². The molecule has 2 bridgehead atoms. The number of nitrogens with zero attached hydrogens (tertiary/aromatic N) is 2. The number of aromatic nitrogens is 2. The second kappa shape index (κ2) is 7.37. The number of nitrogens with two attached hydrogens (primary N) is 1. The molecule has 3 rings (SSSR count). The number of anilines is 2. The molecule has 2 heterocycles. The standard InChI is InChI=1S/C18H24N6/c1-21-13-6-7-14-15(9-13)22-8-4-2-3-5-12(10-19)18-23-16(11-20)17(14)24-18/h6-7,9,12,21-22H,2-5,8,10,19H2,1H3,(H,23,24)/t12-/m1/s1. The van der Waals surface area contributed by atoms with Crippen LogP contribution in [0, 0.1) is 11.3 Å². The van der Waals surface area contributed by atoms with Gasteiger partial charge in [-0.1, -0.05) is 12.8 Å². The number of nitrogens with one attached hydrogen (secondary N) is 3. The lowest BCUT2D eigenvalue weighted by atomic mass is 10.00. The van der Waals surface area contributed by atoms with Crippen LogP contribution < -0.4 is 16.4 Å². The number of nitriles is 1. The van der Waals surface area contributed by atoms with Crippen molar-refractivity contribution in [3.05, 3.63) is 29.7 Å². The molecule has 1 aliphatic heterocycles. The van der Waals surface area contributed by atoms with Gasteiger partial charge in [-0.2, -0.15) is 5.26 Å². The maximum atomic E-state index is 9.53. The van der Waals surface area contributed by atoms with E-state index in [2.05, 4.69) is 27.8 Å². The fourth-order valence-electron chi connectivity index (χ4n) is 3.20. The molecule has 24 heavy (non-hydrogen) atoms. The molecule has 0 saturated carbocycles. The van der Waals surface area contributed by atoms with Crippen molar-refractivity contribution >= 4 is 11.4 Å². The minimum atomic E-state index is 0.179. The van der Waals surface area contributed by atoms with Crippen molar-refractivity contribution in [2.75, 3.05) is 30.8 Å². The Bertz CT molecular complexity index is 742. The molecule has 6 nitrogen and oxygen atoms in total. The molecule has 5 N–H and O–H groups in total. The topological polar surface area (TPSA) is 103 Å². The highest BCUT2D eigenvalue weighted by Crippen LogP contribution is 2.33. The number of hydrogen-bond acceptors (Lipinski definition) is 5. The lowest BCUT2D eigenvalue weighted by Crippen LogP contribution is -2.14. The average molecular weight is 324 g/mol. The predicted molar refractivity (Wildman–Crippen MR) is 97.0 cm³/mol. The van der Waals surface area contributed by atoms with E-state index in [0.717, 1.165) is 55.0 Å². The molecule has 126 valence electrons. The molecule has 0 saturated heterocycles. The highest BCUT2D eigenvalue weighted by molar-refractivity contribution is 5.81. The van der Waals surface area contributed by atoms with E-state index >= 15 is 0 Å². The Labute approximate surface area is 142 Å². The summed E-state index contributed by atoms with van der Waals surface area (Å²) < 4.78 is 0. The summed E-state index contributed by atoms with van der Waals surface area (Å²) in [5, 5.41) is 16.2. The molecule has 1 aromatic heterocycles. The molecule has 1 atom stereocenters. The highest BCUT2D eigenvalue weighted by Gasteiger charge is 2.21. The van der Waals surface area contributed by atoms with E-state index in [-0.39, 0.29) is 5.92 Å². The molecule has 0 spiro atoms. The van der Waals surface area contributed by atoms with Crippen molar-refractivity contribution in [3.8, 4) is 17.3 Å². The zero-order chi connectivity index (χ0) is 16.9. The first-order valence-electron chi connectivity index (χ1n) is 8.53. The van der Waals surface area contributed by atoms with Gasteiger partial charge in [-0.3, -0.25) is 0 Å². The van der Waals surface area contributed by atoms with E-state index in [4.69, 9.17) is 10.7 Å². The molecule has 0 unspecified atom stereocenters. The monoisotopic (exact) mass is 324 g/mol. The number of aromatic amines is 1. The van der Waals surface area contributed by atoms with Crippen LogP contribution in [0.2, 0.25) is 0 Å². The van der Waals surface area contributed by atoms with Crippen LogP contribution in [-0.4, -0.2) is 30.1 Å². The summed E-state index contributed by atoms with van der Waals surface area (Å²) in [6.45, 7) is 1.45. The van der Waals surface area contributed by atoms with Crippen LogP contribution in [0.25, 0.3) is 11.3 Å². The summed E-state index contributed by atoms with van der Waals surface area (Å²) in [5.41, 5.74) is 10.1. The van der Waals surface area contributed by atoms with Crippen molar-refractivity contribution < 1.29 is 0 Å². The maximum Gasteiger partial charge on any atom is 0.145 e. The van der Waals surface area contributed by atoms with Gasteiger partial charge in [0.1, 0.15) is 23.3 Å². The summed E-state index contributed by atoms with van der Waals surface area (Å²) >= 11 is 0. The summed E-state index contributed by atoms with van der Waals surface area (Å²) in [6, 6.07) is 8.33. The van der Waals surface area contributed by atoms with E-state index in [9.17, 15) is 5.26 Å². The van der Waals surface area contributed by atoms with Gasteiger partial charge in [0.25, 0.3) is 0 Å². The molecule has 0 radical (unpaired) electrons. The Balaban J connectivity index is 2.12. The quantitative estimate of drug-likeness (QED) is 0.680. The van der Waals surface area contributed by atoms with Crippen molar-refractivity contribution in [2.45, 2.75) is 31.6 Å². The van der Waals surface area contributed by atoms with Crippen molar-refractivity contribution in [1.29, 1.82) is 5.26 Å². The molecule has 0 aliphatic carbocycles. The van der Waals surface area contributed by atoms with Crippen LogP contribution in [-0.2, 0) is 0 Å². The van der Waals surface area contributed by atoms with E-state index in [0.29, 0.717) is 17.9 Å². The number of hydrogen-bond donors (Lipinski definition) is 4. The Morgan fingerprint density at radius 1 is 1.38 bits per heavy atom. The second-order valence-electron chi connectivity index (χ2n) is 6.18. The van der Waals surface area contributed by atoms with Crippen molar-refractivity contribution in [2.24, 2.45) is 5.73 Å². The van der Waals surface area contributed by atoms with Gasteiger partial charge in [0.15, 0.2) is 0 Å². The first-order valence-corrected chi connectivity index (χ1v) is 8.53. The van der Waals surface area contributed by atoms with Gasteiger partial charge >= 0.3 is 0 Å². The van der Waals surface area contributed by atoms with Crippen molar-refractivity contribution in [3.63, 3.8) is 0 Å². The SMILES string of the molecule is CNc1ccc2c(c1)NCCCCC[C@H](CN)c1nc-2c(C#N)[nH]1. The summed E-state index contributed by atoms with van der Waals surface area (Å²) in [6.07, 6.45) is 4.39. The van der Waals surface area contributed by atoms with Crippen LogP contribution >= 0.6 is 0 Å². The maximum absolute atomic E-state index is 9.53. The smallest absolute Gasteiger partial charge is 0.145 e. The highest BCUT2D eigenvalue weighted by atomic mass is 15.0. The molecular formula is C18H24N6. The summed E-state index contributed by atoms with van der Waals surface area (Å²) in [5.74, 6) is 1.01.